The summed E-state index contributed by atoms with van der Waals surface area (Å²) in [5.74, 6) is 0. The van der Waals surface area contributed by atoms with Crippen molar-refractivity contribution in [3.8, 4) is 5.69 Å². The van der Waals surface area contributed by atoms with Crippen LogP contribution in [0.1, 0.15) is 0 Å². The number of rotatable bonds is 1. The predicted molar refractivity (Wildman–Crippen MR) is 76.1 cm³/mol. The first-order valence-electron chi connectivity index (χ1n) is 5.13. The Morgan fingerprint density at radius 1 is 1.00 bits per heavy atom. The van der Waals surface area contributed by atoms with Gasteiger partial charge in [0.25, 0.3) is 0 Å². The van der Waals surface area contributed by atoms with E-state index in [1.54, 1.807) is 0 Å². The molecule has 2 aromatic carbocycles. The number of benzene rings is 2. The summed E-state index contributed by atoms with van der Waals surface area (Å²) in [6.07, 6.45) is 0. The molecule has 4 heteroatoms. The molecule has 0 saturated carbocycles. The Labute approximate surface area is 115 Å². The normalized spacial score (nSPS) is 10.9. The molecule has 0 amide bonds. The van der Waals surface area contributed by atoms with Gasteiger partial charge in [-0.2, -0.15) is 0 Å². The Hall–Kier alpha value is -0.861. The van der Waals surface area contributed by atoms with Crippen LogP contribution in [-0.4, -0.2) is 18.3 Å². The molecule has 1 aromatic heterocycles. The van der Waals surface area contributed by atoms with Crippen LogP contribution in [0.15, 0.2) is 48.5 Å². The van der Waals surface area contributed by atoms with E-state index in [2.05, 4.69) is 21.8 Å². The van der Waals surface area contributed by atoms with Crippen LogP contribution >= 0.6 is 23.8 Å². The average molecular weight is 325 g/mol. The van der Waals surface area contributed by atoms with Gasteiger partial charge in [-0.15, -0.1) is 0 Å². The van der Waals surface area contributed by atoms with E-state index >= 15 is 0 Å². The molecule has 0 spiro atoms. The van der Waals surface area contributed by atoms with Crippen molar-refractivity contribution in [2.75, 3.05) is 0 Å². The summed E-state index contributed by atoms with van der Waals surface area (Å²) in [6.45, 7) is 0. The standard InChI is InChI=1S/C13H8ClNSSe/c14-10-6-2-3-7-11(10)15-13(16)9-5-1-4-8-12(9)17-15/h1-8H. The molecular weight excluding hydrogens is 317 g/mol. The van der Waals surface area contributed by atoms with E-state index in [1.807, 2.05) is 30.3 Å². The van der Waals surface area contributed by atoms with Gasteiger partial charge in [-0.3, -0.25) is 0 Å². The Balaban J connectivity index is 2.36. The zero-order chi connectivity index (χ0) is 11.8. The van der Waals surface area contributed by atoms with Crippen molar-refractivity contribution in [2.45, 2.75) is 0 Å². The fraction of sp³-hybridized carbons (Fsp3) is 0. The van der Waals surface area contributed by atoms with Gasteiger partial charge in [0.15, 0.2) is 0 Å². The molecule has 0 unspecified atom stereocenters. The minimum absolute atomic E-state index is 0.193. The van der Waals surface area contributed by atoms with E-state index in [4.69, 9.17) is 23.8 Å². The van der Waals surface area contributed by atoms with Gasteiger partial charge in [-0.05, 0) is 0 Å². The monoisotopic (exact) mass is 325 g/mol. The fourth-order valence-electron chi connectivity index (χ4n) is 1.75. The average Bonchev–Trinajstić information content (AvgIpc) is 2.68. The summed E-state index contributed by atoms with van der Waals surface area (Å²) in [4.78, 5) is 0. The molecule has 0 aliphatic heterocycles. The van der Waals surface area contributed by atoms with Crippen LogP contribution in [0.25, 0.3) is 15.3 Å². The molecule has 0 radical (unpaired) electrons. The molecule has 0 fully saturated rings. The van der Waals surface area contributed by atoms with Crippen LogP contribution in [-0.2, 0) is 0 Å². The summed E-state index contributed by atoms with van der Waals surface area (Å²) in [7, 11) is 0. The van der Waals surface area contributed by atoms with Gasteiger partial charge in [0.1, 0.15) is 0 Å². The maximum absolute atomic E-state index is 6.22. The van der Waals surface area contributed by atoms with E-state index < -0.39 is 0 Å². The Morgan fingerprint density at radius 2 is 1.71 bits per heavy atom. The van der Waals surface area contributed by atoms with Gasteiger partial charge in [-0.25, -0.2) is 0 Å². The number of aromatic nitrogens is 1. The molecule has 3 aromatic rings. The third kappa shape index (κ3) is 1.89. The van der Waals surface area contributed by atoms with Crippen LogP contribution in [0.2, 0.25) is 5.02 Å². The van der Waals surface area contributed by atoms with Crippen molar-refractivity contribution in [3.05, 3.63) is 58.2 Å². The molecular formula is C13H8ClNSSe. The molecule has 0 bridgehead atoms. The molecule has 1 heterocycles. The number of para-hydroxylation sites is 1. The van der Waals surface area contributed by atoms with Gasteiger partial charge < -0.3 is 0 Å². The van der Waals surface area contributed by atoms with Crippen molar-refractivity contribution in [3.63, 3.8) is 0 Å². The van der Waals surface area contributed by atoms with E-state index in [9.17, 15) is 0 Å². The molecule has 0 saturated heterocycles. The molecule has 84 valence electrons. The van der Waals surface area contributed by atoms with Crippen LogP contribution in [0.5, 0.6) is 0 Å². The first kappa shape index (κ1) is 11.2. The third-order valence-corrected chi connectivity index (χ3v) is 5.88. The van der Waals surface area contributed by atoms with Gasteiger partial charge in [-0.1, -0.05) is 0 Å². The summed E-state index contributed by atoms with van der Waals surface area (Å²) in [6, 6.07) is 16.1. The molecule has 3 rings (SSSR count). The Kier molecular flexibility index (Phi) is 2.93. The molecule has 1 nitrogen and oxygen atoms in total. The fourth-order valence-corrected chi connectivity index (χ4v) is 4.87. The number of hydrogen-bond donors (Lipinski definition) is 0. The molecule has 0 aliphatic carbocycles. The maximum atomic E-state index is 6.22. The zero-order valence-corrected chi connectivity index (χ0v) is 12.0. The Morgan fingerprint density at radius 3 is 2.47 bits per heavy atom. The summed E-state index contributed by atoms with van der Waals surface area (Å²) >= 11 is 11.9. The first-order chi connectivity index (χ1) is 8.27. The van der Waals surface area contributed by atoms with Crippen LogP contribution in [0.3, 0.4) is 0 Å². The van der Waals surface area contributed by atoms with Gasteiger partial charge in [0.2, 0.25) is 0 Å². The minimum atomic E-state index is 0.193. The predicted octanol–water partition coefficient (Wildman–Crippen LogP) is 4.07. The first-order valence-corrected chi connectivity index (χ1v) is 7.54. The second-order valence-electron chi connectivity index (χ2n) is 3.64. The Bertz CT molecular complexity index is 744. The van der Waals surface area contributed by atoms with Crippen LogP contribution in [0.4, 0.5) is 0 Å². The summed E-state index contributed by atoms with van der Waals surface area (Å²) < 4.78 is 4.36. The van der Waals surface area contributed by atoms with Crippen LogP contribution < -0.4 is 0 Å². The van der Waals surface area contributed by atoms with Crippen molar-refractivity contribution in [1.29, 1.82) is 0 Å². The number of fused-ring (bicyclic) bond motifs is 1. The topological polar surface area (TPSA) is 4.93 Å². The third-order valence-electron chi connectivity index (χ3n) is 2.56. The second kappa shape index (κ2) is 4.43. The van der Waals surface area contributed by atoms with Gasteiger partial charge in [0.05, 0.1) is 0 Å². The number of nitrogens with zero attached hydrogens (tertiary/aromatic N) is 1. The van der Waals surface area contributed by atoms with Crippen molar-refractivity contribution in [2.24, 2.45) is 0 Å². The number of hydrogen-bond acceptors (Lipinski definition) is 1. The van der Waals surface area contributed by atoms with Crippen molar-refractivity contribution in [1.82, 2.24) is 3.56 Å². The van der Waals surface area contributed by atoms with Gasteiger partial charge in [0, 0.05) is 0 Å². The van der Waals surface area contributed by atoms with Gasteiger partial charge >= 0.3 is 116 Å². The molecule has 0 aliphatic rings. The second-order valence-corrected chi connectivity index (χ2v) is 6.50. The van der Waals surface area contributed by atoms with Crippen LogP contribution in [0, 0.1) is 4.64 Å². The van der Waals surface area contributed by atoms with Crippen molar-refractivity contribution < 1.29 is 0 Å². The number of halogens is 1. The molecule has 0 N–H and O–H groups in total. The van der Waals surface area contributed by atoms with E-state index in [-0.39, 0.29) is 14.7 Å². The molecule has 17 heavy (non-hydrogen) atoms. The summed E-state index contributed by atoms with van der Waals surface area (Å²) in [5.41, 5.74) is 1.01. The van der Waals surface area contributed by atoms with E-state index in [0.717, 1.165) is 15.4 Å². The molecule has 0 atom stereocenters. The van der Waals surface area contributed by atoms with E-state index in [1.165, 1.54) is 9.65 Å². The summed E-state index contributed by atoms with van der Waals surface area (Å²) in [5, 5.41) is 1.92. The quantitative estimate of drug-likeness (QED) is 0.482. The van der Waals surface area contributed by atoms with E-state index in [0.29, 0.717) is 0 Å². The zero-order valence-electron chi connectivity index (χ0n) is 8.76. The SMILES string of the molecule is S=c1c2ccccc2[se]n1-c1ccccc1Cl. The van der Waals surface area contributed by atoms with Crippen molar-refractivity contribution >= 4 is 48.2 Å².